The molecule has 0 aliphatic heterocycles. The zero-order chi connectivity index (χ0) is 16.1. The highest BCUT2D eigenvalue weighted by Gasteiger charge is 2.18. The van der Waals surface area contributed by atoms with Crippen molar-refractivity contribution < 1.29 is 9.53 Å². The van der Waals surface area contributed by atoms with Gasteiger partial charge in [0.1, 0.15) is 5.75 Å². The normalized spacial score (nSPS) is 13.3. The predicted octanol–water partition coefficient (Wildman–Crippen LogP) is 3.95. The molecule has 22 heavy (non-hydrogen) atoms. The summed E-state index contributed by atoms with van der Waals surface area (Å²) in [6.45, 7) is 7.76. The molecule has 0 spiro atoms. The number of carbonyl (C=O) groups is 1. The lowest BCUT2D eigenvalue weighted by Crippen LogP contribution is -2.37. The minimum absolute atomic E-state index is 0.0427. The van der Waals surface area contributed by atoms with Gasteiger partial charge in [0.05, 0.1) is 6.04 Å². The van der Waals surface area contributed by atoms with Crippen molar-refractivity contribution >= 4 is 5.91 Å². The topological polar surface area (TPSA) is 38.3 Å². The molecule has 0 radical (unpaired) electrons. The number of hydrogen-bond acceptors (Lipinski definition) is 2. The summed E-state index contributed by atoms with van der Waals surface area (Å²) in [6, 6.07) is 15.8. The molecule has 116 valence electrons. The van der Waals surface area contributed by atoms with Gasteiger partial charge in [0, 0.05) is 0 Å². The molecule has 0 aromatic heterocycles. The number of carbonyl (C=O) groups excluding carboxylic acids is 1. The van der Waals surface area contributed by atoms with Gasteiger partial charge in [-0.05, 0) is 44.9 Å². The number of hydrogen-bond donors (Lipinski definition) is 1. The van der Waals surface area contributed by atoms with E-state index in [2.05, 4.69) is 5.32 Å². The Labute approximate surface area is 132 Å². The molecule has 0 bridgehead atoms. The Hall–Kier alpha value is -2.29. The van der Waals surface area contributed by atoms with Gasteiger partial charge >= 0.3 is 0 Å². The van der Waals surface area contributed by atoms with Gasteiger partial charge in [0.25, 0.3) is 5.91 Å². The Bertz CT molecular complexity index is 637. The number of amides is 1. The summed E-state index contributed by atoms with van der Waals surface area (Å²) in [6.07, 6.45) is -0.535. The van der Waals surface area contributed by atoms with Crippen LogP contribution < -0.4 is 10.1 Å². The number of ether oxygens (including phenoxy) is 1. The van der Waals surface area contributed by atoms with Gasteiger partial charge in [0.2, 0.25) is 0 Å². The van der Waals surface area contributed by atoms with Crippen LogP contribution in [0.2, 0.25) is 0 Å². The average Bonchev–Trinajstić information content (AvgIpc) is 2.50. The number of aryl methyl sites for hydroxylation is 2. The molecule has 1 amide bonds. The van der Waals surface area contributed by atoms with E-state index in [1.54, 1.807) is 6.92 Å². The van der Waals surface area contributed by atoms with Crippen molar-refractivity contribution in [1.29, 1.82) is 0 Å². The molecular weight excluding hydrogens is 274 g/mol. The van der Waals surface area contributed by atoms with Crippen LogP contribution in [-0.4, -0.2) is 12.0 Å². The van der Waals surface area contributed by atoms with E-state index >= 15 is 0 Å². The highest BCUT2D eigenvalue weighted by molar-refractivity contribution is 5.81. The third-order valence-electron chi connectivity index (χ3n) is 3.66. The van der Waals surface area contributed by atoms with Gasteiger partial charge in [-0.15, -0.1) is 0 Å². The molecule has 2 atom stereocenters. The molecule has 3 heteroatoms. The van der Waals surface area contributed by atoms with Crippen LogP contribution in [0.15, 0.2) is 48.5 Å². The Kier molecular flexibility index (Phi) is 5.21. The SMILES string of the molecule is Cc1ccc(O[C@@H](C)C(=O)N[C@@H](C)c2ccccc2)c(C)c1. The Morgan fingerprint density at radius 3 is 2.36 bits per heavy atom. The van der Waals surface area contributed by atoms with Crippen LogP contribution in [0.3, 0.4) is 0 Å². The zero-order valence-electron chi connectivity index (χ0n) is 13.6. The van der Waals surface area contributed by atoms with E-state index in [4.69, 9.17) is 4.74 Å². The molecule has 0 fully saturated rings. The van der Waals surface area contributed by atoms with Crippen molar-refractivity contribution in [2.24, 2.45) is 0 Å². The molecular formula is C19H23NO2. The van der Waals surface area contributed by atoms with Crippen molar-refractivity contribution in [2.45, 2.75) is 39.8 Å². The maximum atomic E-state index is 12.3. The van der Waals surface area contributed by atoms with Crippen LogP contribution >= 0.6 is 0 Å². The Morgan fingerprint density at radius 1 is 1.05 bits per heavy atom. The lowest BCUT2D eigenvalue weighted by atomic mass is 10.1. The smallest absolute Gasteiger partial charge is 0.261 e. The first kappa shape index (κ1) is 16.1. The van der Waals surface area contributed by atoms with Gasteiger partial charge in [-0.25, -0.2) is 0 Å². The minimum atomic E-state index is -0.535. The fourth-order valence-corrected chi connectivity index (χ4v) is 2.33. The van der Waals surface area contributed by atoms with Crippen LogP contribution in [-0.2, 0) is 4.79 Å². The second kappa shape index (κ2) is 7.12. The third-order valence-corrected chi connectivity index (χ3v) is 3.66. The van der Waals surface area contributed by atoms with Gasteiger partial charge in [0.15, 0.2) is 6.10 Å². The summed E-state index contributed by atoms with van der Waals surface area (Å²) in [5, 5.41) is 2.98. The second-order valence-corrected chi connectivity index (χ2v) is 5.67. The fraction of sp³-hybridized carbons (Fsp3) is 0.316. The molecule has 0 heterocycles. The third kappa shape index (κ3) is 4.10. The van der Waals surface area contributed by atoms with E-state index in [0.29, 0.717) is 0 Å². The minimum Gasteiger partial charge on any atom is -0.481 e. The van der Waals surface area contributed by atoms with E-state index in [1.807, 2.05) is 69.3 Å². The van der Waals surface area contributed by atoms with Crippen LogP contribution in [0.5, 0.6) is 5.75 Å². The van der Waals surface area contributed by atoms with E-state index in [1.165, 1.54) is 5.56 Å². The predicted molar refractivity (Wildman–Crippen MR) is 89.0 cm³/mol. The van der Waals surface area contributed by atoms with Gasteiger partial charge in [-0.2, -0.15) is 0 Å². The molecule has 2 aromatic carbocycles. The van der Waals surface area contributed by atoms with Crippen molar-refractivity contribution in [3.8, 4) is 5.75 Å². The Balaban J connectivity index is 1.97. The largest absolute Gasteiger partial charge is 0.481 e. The molecule has 3 nitrogen and oxygen atoms in total. The van der Waals surface area contributed by atoms with E-state index in [0.717, 1.165) is 16.9 Å². The lowest BCUT2D eigenvalue weighted by Gasteiger charge is -2.20. The number of nitrogens with one attached hydrogen (secondary N) is 1. The first-order valence-corrected chi connectivity index (χ1v) is 7.56. The van der Waals surface area contributed by atoms with E-state index in [9.17, 15) is 4.79 Å². The number of benzene rings is 2. The molecule has 0 aliphatic carbocycles. The standard InChI is InChI=1S/C19H23NO2/c1-13-10-11-18(14(2)12-13)22-16(4)19(21)20-15(3)17-8-6-5-7-9-17/h5-12,15-16H,1-4H3,(H,20,21)/t15-,16-/m0/s1. The van der Waals surface area contributed by atoms with Crippen molar-refractivity contribution in [1.82, 2.24) is 5.32 Å². The van der Waals surface area contributed by atoms with Crippen LogP contribution in [0.1, 0.15) is 36.6 Å². The molecule has 0 unspecified atom stereocenters. The summed E-state index contributed by atoms with van der Waals surface area (Å²) >= 11 is 0. The van der Waals surface area contributed by atoms with E-state index in [-0.39, 0.29) is 11.9 Å². The van der Waals surface area contributed by atoms with Gasteiger partial charge in [-0.3, -0.25) is 4.79 Å². The molecule has 0 aliphatic rings. The summed E-state index contributed by atoms with van der Waals surface area (Å²) in [5.41, 5.74) is 3.30. The maximum Gasteiger partial charge on any atom is 0.261 e. The van der Waals surface area contributed by atoms with Gasteiger partial charge < -0.3 is 10.1 Å². The van der Waals surface area contributed by atoms with Crippen LogP contribution in [0.4, 0.5) is 0 Å². The monoisotopic (exact) mass is 297 g/mol. The highest BCUT2D eigenvalue weighted by Crippen LogP contribution is 2.20. The molecule has 2 rings (SSSR count). The average molecular weight is 297 g/mol. The lowest BCUT2D eigenvalue weighted by molar-refractivity contribution is -0.127. The summed E-state index contributed by atoms with van der Waals surface area (Å²) in [7, 11) is 0. The van der Waals surface area contributed by atoms with E-state index < -0.39 is 6.10 Å². The fourth-order valence-electron chi connectivity index (χ4n) is 2.33. The van der Waals surface area contributed by atoms with Crippen LogP contribution in [0.25, 0.3) is 0 Å². The van der Waals surface area contributed by atoms with Crippen LogP contribution in [0, 0.1) is 13.8 Å². The van der Waals surface area contributed by atoms with Crippen molar-refractivity contribution in [3.05, 3.63) is 65.2 Å². The molecule has 2 aromatic rings. The van der Waals surface area contributed by atoms with Crippen molar-refractivity contribution in [3.63, 3.8) is 0 Å². The summed E-state index contributed by atoms with van der Waals surface area (Å²) in [4.78, 5) is 12.3. The van der Waals surface area contributed by atoms with Crippen molar-refractivity contribution in [2.75, 3.05) is 0 Å². The summed E-state index contributed by atoms with van der Waals surface area (Å²) < 4.78 is 5.79. The number of rotatable bonds is 5. The molecule has 1 N–H and O–H groups in total. The zero-order valence-corrected chi connectivity index (χ0v) is 13.6. The Morgan fingerprint density at radius 2 is 1.73 bits per heavy atom. The molecule has 0 saturated heterocycles. The quantitative estimate of drug-likeness (QED) is 0.907. The summed E-state index contributed by atoms with van der Waals surface area (Å²) in [5.74, 6) is 0.636. The molecule has 0 saturated carbocycles. The van der Waals surface area contributed by atoms with Gasteiger partial charge in [-0.1, -0.05) is 48.0 Å². The second-order valence-electron chi connectivity index (χ2n) is 5.67. The maximum absolute atomic E-state index is 12.3. The first-order valence-electron chi connectivity index (χ1n) is 7.56. The first-order chi connectivity index (χ1) is 10.5. The highest BCUT2D eigenvalue weighted by atomic mass is 16.5.